The molecule has 1 saturated heterocycles. The average molecular weight is 443 g/mol. The first-order chi connectivity index (χ1) is 14.5. The van der Waals surface area contributed by atoms with Crippen LogP contribution in [0.25, 0.3) is 0 Å². The Morgan fingerprint density at radius 1 is 0.967 bits per heavy atom. The highest BCUT2D eigenvalue weighted by molar-refractivity contribution is 7.91. The molecule has 1 amide bonds. The van der Waals surface area contributed by atoms with Gasteiger partial charge in [-0.2, -0.15) is 4.31 Å². The van der Waals surface area contributed by atoms with Gasteiger partial charge in [0.25, 0.3) is 15.9 Å². The first kappa shape index (κ1) is 20.5. The molecule has 0 spiro atoms. The Bertz CT molecular complexity index is 1090. The van der Waals surface area contributed by atoms with Crippen molar-refractivity contribution in [3.05, 3.63) is 77.3 Å². The van der Waals surface area contributed by atoms with Gasteiger partial charge in [0.15, 0.2) is 0 Å². The van der Waals surface area contributed by atoms with Gasteiger partial charge in [-0.1, -0.05) is 24.3 Å². The Morgan fingerprint density at radius 2 is 1.70 bits per heavy atom. The zero-order valence-electron chi connectivity index (χ0n) is 16.3. The van der Waals surface area contributed by atoms with Crippen LogP contribution in [0, 0.1) is 0 Å². The van der Waals surface area contributed by atoms with Crippen LogP contribution < -0.4 is 10.2 Å². The van der Waals surface area contributed by atoms with Gasteiger partial charge < -0.3 is 10.2 Å². The van der Waals surface area contributed by atoms with E-state index in [0.717, 1.165) is 10.7 Å². The molecule has 7 nitrogen and oxygen atoms in total. The van der Waals surface area contributed by atoms with E-state index in [1.54, 1.807) is 42.6 Å². The number of hydrogen-bond acceptors (Lipinski definition) is 6. The number of pyridine rings is 1. The third-order valence-corrected chi connectivity index (χ3v) is 8.35. The van der Waals surface area contributed by atoms with Gasteiger partial charge in [-0.05, 0) is 36.4 Å². The molecule has 0 atom stereocenters. The van der Waals surface area contributed by atoms with E-state index in [2.05, 4.69) is 15.2 Å². The highest BCUT2D eigenvalue weighted by Gasteiger charge is 2.30. The minimum Gasteiger partial charge on any atom is -0.354 e. The Kier molecular flexibility index (Phi) is 6.12. The maximum atomic E-state index is 13.0. The second-order valence-electron chi connectivity index (χ2n) is 6.85. The number of carbonyl (C=O) groups is 1. The summed E-state index contributed by atoms with van der Waals surface area (Å²) in [5.41, 5.74) is 0.577. The lowest BCUT2D eigenvalue weighted by molar-refractivity contribution is 0.0951. The molecule has 1 aromatic carbocycles. The summed E-state index contributed by atoms with van der Waals surface area (Å²) in [4.78, 5) is 19.4. The summed E-state index contributed by atoms with van der Waals surface area (Å²) < 4.78 is 27.9. The predicted molar refractivity (Wildman–Crippen MR) is 117 cm³/mol. The van der Waals surface area contributed by atoms with E-state index in [1.165, 1.54) is 15.6 Å². The smallest absolute Gasteiger partial charge is 0.252 e. The minimum atomic E-state index is -3.55. The predicted octanol–water partition coefficient (Wildman–Crippen LogP) is 2.58. The molecule has 0 saturated carbocycles. The summed E-state index contributed by atoms with van der Waals surface area (Å²) in [6.07, 6.45) is 1.74. The number of nitrogens with zero attached hydrogens (tertiary/aromatic N) is 3. The third kappa shape index (κ3) is 4.53. The van der Waals surface area contributed by atoms with Crippen molar-refractivity contribution in [2.24, 2.45) is 0 Å². The number of sulfonamides is 1. The third-order valence-electron chi connectivity index (χ3n) is 4.90. The topological polar surface area (TPSA) is 82.6 Å². The van der Waals surface area contributed by atoms with Crippen molar-refractivity contribution in [2.75, 3.05) is 31.1 Å². The fraction of sp³-hybridized carbons (Fsp3) is 0.238. The molecule has 1 aliphatic heterocycles. The van der Waals surface area contributed by atoms with Crippen LogP contribution in [0.1, 0.15) is 15.2 Å². The zero-order chi connectivity index (χ0) is 21.0. The van der Waals surface area contributed by atoms with Gasteiger partial charge in [0.05, 0.1) is 6.54 Å². The van der Waals surface area contributed by atoms with Crippen molar-refractivity contribution < 1.29 is 13.2 Å². The quantitative estimate of drug-likeness (QED) is 0.635. The van der Waals surface area contributed by atoms with E-state index in [4.69, 9.17) is 0 Å². The normalized spacial score (nSPS) is 15.1. The van der Waals surface area contributed by atoms with Gasteiger partial charge >= 0.3 is 0 Å². The molecule has 4 rings (SSSR count). The van der Waals surface area contributed by atoms with Crippen LogP contribution in [-0.2, 0) is 16.6 Å². The first-order valence-corrected chi connectivity index (χ1v) is 11.9. The van der Waals surface area contributed by atoms with Crippen LogP contribution >= 0.6 is 11.3 Å². The van der Waals surface area contributed by atoms with Gasteiger partial charge in [0, 0.05) is 42.8 Å². The summed E-state index contributed by atoms with van der Waals surface area (Å²) in [5.74, 6) is 0.682. The van der Waals surface area contributed by atoms with E-state index < -0.39 is 10.0 Å². The molecule has 156 valence electrons. The van der Waals surface area contributed by atoms with Crippen LogP contribution in [0.5, 0.6) is 0 Å². The molecule has 2 aromatic heterocycles. The summed E-state index contributed by atoms with van der Waals surface area (Å²) >= 11 is 1.20. The lowest BCUT2D eigenvalue weighted by Crippen LogP contribution is -2.48. The Labute approximate surface area is 180 Å². The highest BCUT2D eigenvalue weighted by atomic mass is 32.2. The molecule has 1 fully saturated rings. The molecule has 3 heterocycles. The van der Waals surface area contributed by atoms with Crippen molar-refractivity contribution in [3.8, 4) is 0 Å². The van der Waals surface area contributed by atoms with Crippen molar-refractivity contribution in [3.63, 3.8) is 0 Å². The largest absolute Gasteiger partial charge is 0.354 e. The molecule has 0 bridgehead atoms. The van der Waals surface area contributed by atoms with Crippen LogP contribution in [0.3, 0.4) is 0 Å². The van der Waals surface area contributed by atoms with E-state index in [0.29, 0.717) is 42.5 Å². The molecule has 1 aliphatic rings. The SMILES string of the molecule is O=C(NCc1ccc(S(=O)(=O)N2CCN(c3ccccn3)CC2)s1)c1ccccc1. The van der Waals surface area contributed by atoms with Gasteiger partial charge in [-0.15, -0.1) is 11.3 Å². The second kappa shape index (κ2) is 8.95. The van der Waals surface area contributed by atoms with Crippen molar-refractivity contribution >= 4 is 33.1 Å². The van der Waals surface area contributed by atoms with Gasteiger partial charge in [0.1, 0.15) is 10.0 Å². The fourth-order valence-corrected chi connectivity index (χ4v) is 6.15. The Balaban J connectivity index is 1.36. The van der Waals surface area contributed by atoms with Crippen LogP contribution in [0.4, 0.5) is 5.82 Å². The molecule has 0 unspecified atom stereocenters. The van der Waals surface area contributed by atoms with Gasteiger partial charge in [0.2, 0.25) is 0 Å². The number of aromatic nitrogens is 1. The minimum absolute atomic E-state index is 0.181. The summed E-state index contributed by atoms with van der Waals surface area (Å²) in [6.45, 7) is 2.32. The first-order valence-electron chi connectivity index (χ1n) is 9.62. The number of thiophene rings is 1. The Morgan fingerprint density at radius 3 is 2.40 bits per heavy atom. The maximum absolute atomic E-state index is 13.0. The number of piperazine rings is 1. The lowest BCUT2D eigenvalue weighted by Gasteiger charge is -2.34. The van der Waals surface area contributed by atoms with E-state index >= 15 is 0 Å². The molecular formula is C21H22N4O3S2. The van der Waals surface area contributed by atoms with Crippen LogP contribution in [0.15, 0.2) is 71.1 Å². The maximum Gasteiger partial charge on any atom is 0.252 e. The molecule has 30 heavy (non-hydrogen) atoms. The van der Waals surface area contributed by atoms with Crippen LogP contribution in [0.2, 0.25) is 0 Å². The van der Waals surface area contributed by atoms with Gasteiger partial charge in [-0.25, -0.2) is 13.4 Å². The molecule has 3 aromatic rings. The monoisotopic (exact) mass is 442 g/mol. The van der Waals surface area contributed by atoms with E-state index in [-0.39, 0.29) is 5.91 Å². The number of benzene rings is 1. The fourth-order valence-electron chi connectivity index (χ4n) is 3.28. The van der Waals surface area contributed by atoms with Crippen molar-refractivity contribution in [2.45, 2.75) is 10.8 Å². The van der Waals surface area contributed by atoms with Crippen molar-refractivity contribution in [1.82, 2.24) is 14.6 Å². The van der Waals surface area contributed by atoms with Gasteiger partial charge in [-0.3, -0.25) is 4.79 Å². The average Bonchev–Trinajstić information content (AvgIpc) is 3.29. The molecule has 0 radical (unpaired) electrons. The summed E-state index contributed by atoms with van der Waals surface area (Å²) in [5, 5.41) is 2.83. The Hall–Kier alpha value is -2.75. The number of nitrogens with one attached hydrogen (secondary N) is 1. The molecule has 9 heteroatoms. The molecule has 0 aliphatic carbocycles. The number of carbonyl (C=O) groups excluding carboxylic acids is 1. The number of rotatable bonds is 6. The molecular weight excluding hydrogens is 420 g/mol. The zero-order valence-corrected chi connectivity index (χ0v) is 17.9. The highest BCUT2D eigenvalue weighted by Crippen LogP contribution is 2.26. The summed E-state index contributed by atoms with van der Waals surface area (Å²) in [6, 6.07) is 18.0. The number of amides is 1. The van der Waals surface area contributed by atoms with Crippen molar-refractivity contribution in [1.29, 1.82) is 0 Å². The number of hydrogen-bond donors (Lipinski definition) is 1. The standard InChI is InChI=1S/C21H22N4O3S2/c26-21(17-6-2-1-3-7-17)23-16-18-9-10-20(29-18)30(27,28)25-14-12-24(13-15-25)19-8-4-5-11-22-19/h1-11H,12-16H2,(H,23,26). The second-order valence-corrected chi connectivity index (χ2v) is 10.2. The number of anilines is 1. The van der Waals surface area contributed by atoms with Crippen LogP contribution in [-0.4, -0.2) is 49.8 Å². The summed E-state index contributed by atoms with van der Waals surface area (Å²) in [7, 11) is -3.55. The molecule has 1 N–H and O–H groups in total. The van der Waals surface area contributed by atoms with E-state index in [1.807, 2.05) is 24.3 Å². The van der Waals surface area contributed by atoms with E-state index in [9.17, 15) is 13.2 Å². The lowest BCUT2D eigenvalue weighted by atomic mass is 10.2.